The highest BCUT2D eigenvalue weighted by Gasteiger charge is 2.01. The maximum Gasteiger partial charge on any atom is 0.225 e. The van der Waals surface area contributed by atoms with E-state index in [4.69, 9.17) is 0 Å². The number of carbonyl (C=O) groups excluding carboxylic acids is 1. The Bertz CT molecular complexity index is 537. The van der Waals surface area contributed by atoms with Crippen molar-refractivity contribution in [3.63, 3.8) is 0 Å². The van der Waals surface area contributed by atoms with Gasteiger partial charge in [-0.25, -0.2) is 0 Å². The van der Waals surface area contributed by atoms with Crippen LogP contribution in [0.2, 0.25) is 0 Å². The summed E-state index contributed by atoms with van der Waals surface area (Å²) >= 11 is 0. The lowest BCUT2D eigenvalue weighted by Gasteiger charge is -2.07. The molecule has 0 aliphatic heterocycles. The number of aryl methyl sites for hydroxylation is 1. The van der Waals surface area contributed by atoms with Gasteiger partial charge >= 0.3 is 0 Å². The largest absolute Gasteiger partial charge is 0.326 e. The van der Waals surface area contributed by atoms with Crippen LogP contribution in [-0.4, -0.2) is 17.4 Å². The average molecular weight is 269 g/mol. The predicted molar refractivity (Wildman–Crippen MR) is 80.4 cm³/mol. The molecule has 0 aliphatic carbocycles. The van der Waals surface area contributed by atoms with Crippen molar-refractivity contribution in [1.29, 1.82) is 0 Å². The van der Waals surface area contributed by atoms with Crippen molar-refractivity contribution < 1.29 is 4.79 Å². The van der Waals surface area contributed by atoms with Crippen LogP contribution in [0.15, 0.2) is 48.8 Å². The van der Waals surface area contributed by atoms with Gasteiger partial charge in [0.15, 0.2) is 0 Å². The Morgan fingerprint density at radius 3 is 2.70 bits per heavy atom. The third-order valence-electron chi connectivity index (χ3n) is 2.92. The molecule has 1 aromatic carbocycles. The van der Waals surface area contributed by atoms with Gasteiger partial charge in [-0.2, -0.15) is 0 Å². The quantitative estimate of drug-likeness (QED) is 0.792. The number of anilines is 1. The van der Waals surface area contributed by atoms with Gasteiger partial charge in [0.2, 0.25) is 5.91 Å². The van der Waals surface area contributed by atoms with Crippen LogP contribution >= 0.6 is 0 Å². The molecule has 2 N–H and O–H groups in total. The van der Waals surface area contributed by atoms with Crippen LogP contribution in [0.4, 0.5) is 5.69 Å². The fraction of sp³-hybridized carbons (Fsp3) is 0.250. The minimum Gasteiger partial charge on any atom is -0.326 e. The molecule has 20 heavy (non-hydrogen) atoms. The standard InChI is InChI=1S/C16H19N3O/c1-13-4-6-15(7-5-13)19-16(20)8-10-18-12-14-3-2-9-17-11-14/h2-7,9,11,18H,8,10,12H2,1H3,(H,19,20). The van der Waals surface area contributed by atoms with E-state index in [1.807, 2.05) is 49.5 Å². The monoisotopic (exact) mass is 269 g/mol. The van der Waals surface area contributed by atoms with Crippen molar-refractivity contribution in [3.05, 3.63) is 59.9 Å². The smallest absolute Gasteiger partial charge is 0.225 e. The Hall–Kier alpha value is -2.20. The second kappa shape index (κ2) is 7.40. The van der Waals surface area contributed by atoms with Crippen molar-refractivity contribution in [3.8, 4) is 0 Å². The number of nitrogens with one attached hydrogen (secondary N) is 2. The SMILES string of the molecule is Cc1ccc(NC(=O)CCNCc2cccnc2)cc1. The van der Waals surface area contributed by atoms with Crippen LogP contribution < -0.4 is 10.6 Å². The highest BCUT2D eigenvalue weighted by molar-refractivity contribution is 5.90. The van der Waals surface area contributed by atoms with Crippen molar-refractivity contribution in [2.24, 2.45) is 0 Å². The fourth-order valence-corrected chi connectivity index (χ4v) is 1.80. The molecule has 1 amide bonds. The van der Waals surface area contributed by atoms with Gasteiger partial charge in [-0.3, -0.25) is 9.78 Å². The zero-order valence-electron chi connectivity index (χ0n) is 11.6. The van der Waals surface area contributed by atoms with Crippen molar-refractivity contribution in [1.82, 2.24) is 10.3 Å². The van der Waals surface area contributed by atoms with E-state index in [1.54, 1.807) is 6.20 Å². The van der Waals surface area contributed by atoms with Crippen molar-refractivity contribution in [2.75, 3.05) is 11.9 Å². The molecule has 1 aromatic heterocycles. The number of amides is 1. The summed E-state index contributed by atoms with van der Waals surface area (Å²) in [5, 5.41) is 6.10. The van der Waals surface area contributed by atoms with Gasteiger partial charge in [-0.1, -0.05) is 23.8 Å². The lowest BCUT2D eigenvalue weighted by Crippen LogP contribution is -2.21. The summed E-state index contributed by atoms with van der Waals surface area (Å²) in [6.45, 7) is 3.40. The molecule has 0 atom stereocenters. The first-order chi connectivity index (χ1) is 9.74. The fourth-order valence-electron chi connectivity index (χ4n) is 1.80. The van der Waals surface area contributed by atoms with Crippen LogP contribution in [0.5, 0.6) is 0 Å². The second-order valence-corrected chi connectivity index (χ2v) is 4.70. The number of hydrogen-bond donors (Lipinski definition) is 2. The average Bonchev–Trinajstić information content (AvgIpc) is 2.47. The molecule has 104 valence electrons. The lowest BCUT2D eigenvalue weighted by atomic mass is 10.2. The molecule has 0 spiro atoms. The molecular weight excluding hydrogens is 250 g/mol. The van der Waals surface area contributed by atoms with Gasteiger partial charge in [0.05, 0.1) is 0 Å². The molecule has 2 aromatic rings. The molecule has 0 saturated heterocycles. The summed E-state index contributed by atoms with van der Waals surface area (Å²) in [5.41, 5.74) is 3.14. The molecule has 0 unspecified atom stereocenters. The van der Waals surface area contributed by atoms with Crippen molar-refractivity contribution in [2.45, 2.75) is 19.9 Å². The molecule has 0 bridgehead atoms. The van der Waals surface area contributed by atoms with Crippen LogP contribution in [0.25, 0.3) is 0 Å². The molecule has 4 nitrogen and oxygen atoms in total. The van der Waals surface area contributed by atoms with Crippen molar-refractivity contribution >= 4 is 11.6 Å². The van der Waals surface area contributed by atoms with Gasteiger partial charge < -0.3 is 10.6 Å². The first kappa shape index (κ1) is 14.2. The van der Waals surface area contributed by atoms with E-state index in [1.165, 1.54) is 5.56 Å². The summed E-state index contributed by atoms with van der Waals surface area (Å²) in [6.07, 6.45) is 4.02. The number of carbonyl (C=O) groups is 1. The highest BCUT2D eigenvalue weighted by Crippen LogP contribution is 2.08. The van der Waals surface area contributed by atoms with Gasteiger partial charge in [0.25, 0.3) is 0 Å². The number of nitrogens with zero attached hydrogens (tertiary/aromatic N) is 1. The lowest BCUT2D eigenvalue weighted by molar-refractivity contribution is -0.116. The van der Waals surface area contributed by atoms with E-state index in [0.717, 1.165) is 17.8 Å². The zero-order valence-corrected chi connectivity index (χ0v) is 11.6. The molecule has 0 saturated carbocycles. The molecule has 1 heterocycles. The van der Waals surface area contributed by atoms with Crippen LogP contribution in [0.1, 0.15) is 17.5 Å². The van der Waals surface area contributed by atoms with Gasteiger partial charge in [0.1, 0.15) is 0 Å². The minimum atomic E-state index is 0.0209. The summed E-state index contributed by atoms with van der Waals surface area (Å²) in [5.74, 6) is 0.0209. The van der Waals surface area contributed by atoms with E-state index in [0.29, 0.717) is 13.0 Å². The summed E-state index contributed by atoms with van der Waals surface area (Å²) < 4.78 is 0. The van der Waals surface area contributed by atoms with E-state index < -0.39 is 0 Å². The number of rotatable bonds is 6. The Morgan fingerprint density at radius 1 is 1.20 bits per heavy atom. The third-order valence-corrected chi connectivity index (χ3v) is 2.92. The van der Waals surface area contributed by atoms with Crippen LogP contribution in [0, 0.1) is 6.92 Å². The van der Waals surface area contributed by atoms with E-state index >= 15 is 0 Å². The first-order valence-corrected chi connectivity index (χ1v) is 6.70. The minimum absolute atomic E-state index is 0.0209. The number of pyridine rings is 1. The molecule has 0 aliphatic rings. The molecule has 0 radical (unpaired) electrons. The summed E-state index contributed by atoms with van der Waals surface area (Å²) in [6, 6.07) is 11.7. The normalized spacial score (nSPS) is 10.2. The van der Waals surface area contributed by atoms with Gasteiger partial charge in [0, 0.05) is 37.6 Å². The predicted octanol–water partition coefficient (Wildman–Crippen LogP) is 2.51. The maximum atomic E-state index is 11.7. The Balaban J connectivity index is 1.66. The van der Waals surface area contributed by atoms with Crippen LogP contribution in [-0.2, 0) is 11.3 Å². The Morgan fingerprint density at radius 2 is 2.00 bits per heavy atom. The van der Waals surface area contributed by atoms with Gasteiger partial charge in [-0.15, -0.1) is 0 Å². The number of aromatic nitrogens is 1. The maximum absolute atomic E-state index is 11.7. The number of hydrogen-bond acceptors (Lipinski definition) is 3. The topological polar surface area (TPSA) is 54.0 Å². The Kier molecular flexibility index (Phi) is 5.26. The van der Waals surface area contributed by atoms with Gasteiger partial charge in [-0.05, 0) is 30.7 Å². The first-order valence-electron chi connectivity index (χ1n) is 6.70. The highest BCUT2D eigenvalue weighted by atomic mass is 16.1. The number of benzene rings is 1. The summed E-state index contributed by atoms with van der Waals surface area (Å²) in [7, 11) is 0. The van der Waals surface area contributed by atoms with E-state index in [9.17, 15) is 4.79 Å². The Labute approximate surface area is 119 Å². The molecule has 0 fully saturated rings. The van der Waals surface area contributed by atoms with E-state index in [-0.39, 0.29) is 5.91 Å². The molecule has 2 rings (SSSR count). The molecule has 4 heteroatoms. The van der Waals surface area contributed by atoms with Crippen LogP contribution in [0.3, 0.4) is 0 Å². The second-order valence-electron chi connectivity index (χ2n) is 4.70. The van der Waals surface area contributed by atoms with E-state index in [2.05, 4.69) is 15.6 Å². The molecular formula is C16H19N3O. The summed E-state index contributed by atoms with van der Waals surface area (Å²) in [4.78, 5) is 15.8. The zero-order chi connectivity index (χ0) is 14.2. The third kappa shape index (κ3) is 4.82.